The lowest BCUT2D eigenvalue weighted by Crippen LogP contribution is -2.61. The highest BCUT2D eigenvalue weighted by molar-refractivity contribution is 5.82. The van der Waals surface area contributed by atoms with Crippen molar-refractivity contribution >= 4 is 11.9 Å². The van der Waals surface area contributed by atoms with E-state index in [1.807, 2.05) is 18.2 Å². The molecule has 0 radical (unpaired) electrons. The molecule has 2 bridgehead atoms. The summed E-state index contributed by atoms with van der Waals surface area (Å²) in [6.07, 6.45) is 8.24. The number of epoxide rings is 1. The fourth-order valence-corrected chi connectivity index (χ4v) is 6.54. The van der Waals surface area contributed by atoms with Crippen LogP contribution in [0.4, 0.5) is 0 Å². The van der Waals surface area contributed by atoms with Gasteiger partial charge in [0.15, 0.2) is 12.1 Å². The van der Waals surface area contributed by atoms with Gasteiger partial charge in [0, 0.05) is 38.2 Å². The van der Waals surface area contributed by atoms with E-state index < -0.39 is 97.3 Å². The first-order valence-corrected chi connectivity index (χ1v) is 17.4. The van der Waals surface area contributed by atoms with Gasteiger partial charge in [-0.1, -0.05) is 68.4 Å². The topological polar surface area (TPSA) is 231 Å². The maximum absolute atomic E-state index is 12.5. The quantitative estimate of drug-likeness (QED) is 0.152. The second kappa shape index (κ2) is 18.6. The third-order valence-corrected chi connectivity index (χ3v) is 9.35. The van der Waals surface area contributed by atoms with Gasteiger partial charge in [-0.2, -0.15) is 0 Å². The van der Waals surface area contributed by atoms with Crippen molar-refractivity contribution in [1.29, 1.82) is 0 Å². The Morgan fingerprint density at radius 1 is 0.980 bits per heavy atom. The Hall–Kier alpha value is -2.76. The molecule has 11 unspecified atom stereocenters. The summed E-state index contributed by atoms with van der Waals surface area (Å²) in [5.74, 6) is -5.41. The van der Waals surface area contributed by atoms with Gasteiger partial charge in [-0.15, -0.1) is 0 Å². The van der Waals surface area contributed by atoms with Gasteiger partial charge in [0.1, 0.15) is 24.2 Å². The van der Waals surface area contributed by atoms with Crippen LogP contribution in [0.2, 0.25) is 0 Å². The minimum atomic E-state index is -2.10. The Morgan fingerprint density at radius 3 is 2.42 bits per heavy atom. The third-order valence-electron chi connectivity index (χ3n) is 9.35. The van der Waals surface area contributed by atoms with E-state index in [9.17, 15) is 40.2 Å². The highest BCUT2D eigenvalue weighted by Crippen LogP contribution is 2.39. The highest BCUT2D eigenvalue weighted by atomic mass is 16.7. The molecule has 3 saturated heterocycles. The van der Waals surface area contributed by atoms with Gasteiger partial charge >= 0.3 is 11.9 Å². The molecule has 14 atom stereocenters. The average Bonchev–Trinajstić information content (AvgIpc) is 3.78. The number of carbonyl (C=O) groups excluding carboxylic acids is 1. The van der Waals surface area contributed by atoms with E-state index in [0.717, 1.165) is 19.3 Å². The Kier molecular flexibility index (Phi) is 14.9. The molecule has 0 saturated carbocycles. The molecule has 0 amide bonds. The first-order valence-electron chi connectivity index (χ1n) is 17.4. The third kappa shape index (κ3) is 11.6. The molecule has 0 aromatic heterocycles. The molecule has 4 heterocycles. The van der Waals surface area contributed by atoms with Crippen LogP contribution in [-0.2, 0) is 33.3 Å². The molecule has 14 nitrogen and oxygen atoms in total. The number of carbonyl (C=O) groups is 2. The number of carboxylic acid groups (broad SMARTS) is 1. The van der Waals surface area contributed by atoms with Crippen molar-refractivity contribution in [2.24, 2.45) is 11.7 Å². The van der Waals surface area contributed by atoms with Crippen molar-refractivity contribution in [1.82, 2.24) is 0 Å². The number of allylic oxidation sites excluding steroid dienone is 6. The molecule has 0 aliphatic carbocycles. The standard InChI is InChI=1S/C36H53NO13/c1-3-4-12-23-13-10-8-6-5-7-9-11-14-24(48-35-33(42)31(37)32(41)21(2)46-35)18-28-30(34(43)44)25(39)20-36(45,50-28)19-22(38)17-27-26(49-27)15-16-29(40)47-23/h5-11,14-16,21-28,30-33,35,38-39,41-42,45H,3-4,12-13,17-20,37H2,1-2H3,(H,43,44)/b6-5+,9-7+,10-8+,14-11+,16-15+/t21?,22-,23?,24?,25+,26?,27?,28?,30+,31?,32?,33?,35?,36?/m1/s1. The smallest absolute Gasteiger partial charge is 0.330 e. The van der Waals surface area contributed by atoms with Gasteiger partial charge in [0.2, 0.25) is 0 Å². The van der Waals surface area contributed by atoms with Crippen LogP contribution in [-0.4, -0.2) is 122 Å². The van der Waals surface area contributed by atoms with Crippen LogP contribution < -0.4 is 5.73 Å². The Balaban J connectivity index is 1.58. The zero-order valence-corrected chi connectivity index (χ0v) is 28.6. The van der Waals surface area contributed by atoms with E-state index in [0.29, 0.717) is 6.42 Å². The van der Waals surface area contributed by atoms with E-state index in [-0.39, 0.29) is 25.4 Å². The number of cyclic esters (lactones) is 1. The Bertz CT molecular complexity index is 1270. The summed E-state index contributed by atoms with van der Waals surface area (Å²) in [6.45, 7) is 3.64. The van der Waals surface area contributed by atoms with Crippen LogP contribution in [0.5, 0.6) is 0 Å². The summed E-state index contributed by atoms with van der Waals surface area (Å²) in [5, 5.41) is 64.2. The molecular formula is C36H53NO13. The number of hydrogen-bond acceptors (Lipinski definition) is 13. The lowest BCUT2D eigenvalue weighted by molar-refractivity contribution is -0.308. The Labute approximate surface area is 292 Å². The van der Waals surface area contributed by atoms with Gasteiger partial charge in [-0.05, 0) is 19.4 Å². The summed E-state index contributed by atoms with van der Waals surface area (Å²) in [7, 11) is 0. The van der Waals surface area contributed by atoms with Crippen LogP contribution in [0.25, 0.3) is 0 Å². The lowest BCUT2D eigenvalue weighted by Gasteiger charge is -2.45. The number of ether oxygens (including phenoxy) is 5. The van der Waals surface area contributed by atoms with Gasteiger partial charge in [-0.25, -0.2) is 4.79 Å². The fourth-order valence-electron chi connectivity index (χ4n) is 6.54. The minimum absolute atomic E-state index is 0.0816. The SMILES string of the molecule is CCCCC1C/C=C/C=C/C=C/C=C/C(OC2OC(C)C(O)C(N)C2O)CC2OC(O)(C[C@H](O)CC3OC3/C=C/C(=O)O1)C[C@H](O)[C@@H]2C(=O)O. The number of fused-ring (bicyclic) bond motifs is 3. The zero-order chi connectivity index (χ0) is 36.4. The summed E-state index contributed by atoms with van der Waals surface area (Å²) in [4.78, 5) is 24.8. The second-order valence-corrected chi connectivity index (χ2v) is 13.5. The van der Waals surface area contributed by atoms with Crippen LogP contribution in [0.15, 0.2) is 60.8 Å². The number of esters is 1. The molecule has 4 aliphatic heterocycles. The highest BCUT2D eigenvalue weighted by Gasteiger charge is 2.51. The molecule has 8 N–H and O–H groups in total. The van der Waals surface area contributed by atoms with E-state index in [1.165, 1.54) is 6.08 Å². The molecule has 3 fully saturated rings. The molecular weight excluding hydrogens is 654 g/mol. The van der Waals surface area contributed by atoms with Crippen molar-refractivity contribution in [2.75, 3.05) is 0 Å². The van der Waals surface area contributed by atoms with Crippen LogP contribution in [0.3, 0.4) is 0 Å². The maximum atomic E-state index is 12.5. The number of hydrogen-bond donors (Lipinski definition) is 7. The first kappa shape index (κ1) is 40.0. The number of nitrogens with two attached hydrogens (primary N) is 1. The van der Waals surface area contributed by atoms with E-state index in [4.69, 9.17) is 29.4 Å². The monoisotopic (exact) mass is 707 g/mol. The molecule has 4 aliphatic rings. The normalized spacial score (nSPS) is 45.1. The molecule has 4 rings (SSSR count). The molecule has 280 valence electrons. The number of aliphatic carboxylic acids is 1. The summed E-state index contributed by atoms with van der Waals surface area (Å²) in [6, 6.07) is -1.08. The summed E-state index contributed by atoms with van der Waals surface area (Å²) < 4.78 is 29.0. The predicted molar refractivity (Wildman–Crippen MR) is 179 cm³/mol. The number of aliphatic hydroxyl groups excluding tert-OH is 4. The van der Waals surface area contributed by atoms with E-state index in [2.05, 4.69) is 6.92 Å². The van der Waals surface area contributed by atoms with Gasteiger partial charge in [-0.3, -0.25) is 4.79 Å². The van der Waals surface area contributed by atoms with Crippen molar-refractivity contribution < 1.29 is 63.9 Å². The minimum Gasteiger partial charge on any atom is -0.481 e. The molecule has 14 heteroatoms. The van der Waals surface area contributed by atoms with Gasteiger partial charge in [0.05, 0.1) is 48.8 Å². The second-order valence-electron chi connectivity index (χ2n) is 13.5. The van der Waals surface area contributed by atoms with E-state index >= 15 is 0 Å². The molecule has 0 spiro atoms. The first-order chi connectivity index (χ1) is 23.8. The largest absolute Gasteiger partial charge is 0.481 e. The van der Waals surface area contributed by atoms with Crippen molar-refractivity contribution in [2.45, 2.75) is 144 Å². The molecule has 50 heavy (non-hydrogen) atoms. The molecule has 0 aromatic rings. The van der Waals surface area contributed by atoms with Crippen LogP contribution in [0.1, 0.15) is 65.2 Å². The predicted octanol–water partition coefficient (Wildman–Crippen LogP) is 1.29. The Morgan fingerprint density at radius 2 is 1.70 bits per heavy atom. The van der Waals surface area contributed by atoms with Crippen LogP contribution >= 0.6 is 0 Å². The zero-order valence-electron chi connectivity index (χ0n) is 28.6. The number of aliphatic hydroxyl groups is 5. The number of carboxylic acids is 1. The number of unbranched alkanes of at least 4 members (excludes halogenated alkanes) is 1. The summed E-state index contributed by atoms with van der Waals surface area (Å²) >= 11 is 0. The summed E-state index contributed by atoms with van der Waals surface area (Å²) in [5.41, 5.74) is 6.00. The number of rotatable bonds is 6. The average molecular weight is 708 g/mol. The van der Waals surface area contributed by atoms with Crippen molar-refractivity contribution in [3.8, 4) is 0 Å². The van der Waals surface area contributed by atoms with Crippen LogP contribution in [0, 0.1) is 5.92 Å². The van der Waals surface area contributed by atoms with Gasteiger partial charge in [0.25, 0.3) is 0 Å². The lowest BCUT2D eigenvalue weighted by atomic mass is 9.83. The van der Waals surface area contributed by atoms with E-state index in [1.54, 1.807) is 43.4 Å². The van der Waals surface area contributed by atoms with Crippen molar-refractivity contribution in [3.05, 3.63) is 60.8 Å². The van der Waals surface area contributed by atoms with Crippen molar-refractivity contribution in [3.63, 3.8) is 0 Å². The maximum Gasteiger partial charge on any atom is 0.330 e. The molecule has 0 aromatic carbocycles. The van der Waals surface area contributed by atoms with Gasteiger partial charge < -0.3 is 60.1 Å². The fraction of sp³-hybridized carbons (Fsp3) is 0.667.